The van der Waals surface area contributed by atoms with Crippen molar-refractivity contribution < 1.29 is 9.84 Å². The topological polar surface area (TPSA) is 41.5 Å². The number of rotatable bonds is 6. The van der Waals surface area contributed by atoms with Gasteiger partial charge < -0.3 is 15.2 Å². The van der Waals surface area contributed by atoms with Gasteiger partial charge in [-0.05, 0) is 30.2 Å². The minimum absolute atomic E-state index is 0.0618. The summed E-state index contributed by atoms with van der Waals surface area (Å²) in [5.41, 5.74) is 2.26. The first kappa shape index (κ1) is 14.6. The van der Waals surface area contributed by atoms with Crippen LogP contribution in [0.2, 0.25) is 0 Å². The van der Waals surface area contributed by atoms with E-state index in [-0.39, 0.29) is 18.7 Å². The molecule has 0 aliphatic carbocycles. The Hall–Kier alpha value is -1.84. The van der Waals surface area contributed by atoms with Gasteiger partial charge in [-0.1, -0.05) is 42.5 Å². The molecule has 2 aromatic carbocycles. The summed E-state index contributed by atoms with van der Waals surface area (Å²) in [6.45, 7) is 2.16. The van der Waals surface area contributed by atoms with Gasteiger partial charge >= 0.3 is 0 Å². The lowest BCUT2D eigenvalue weighted by atomic mass is 10.0. The van der Waals surface area contributed by atoms with Crippen LogP contribution in [0.1, 0.15) is 30.1 Å². The number of nitrogens with one attached hydrogen (secondary N) is 1. The van der Waals surface area contributed by atoms with Crippen LogP contribution in [0.15, 0.2) is 54.6 Å². The van der Waals surface area contributed by atoms with E-state index in [2.05, 4.69) is 12.2 Å². The third-order valence-corrected chi connectivity index (χ3v) is 3.45. The van der Waals surface area contributed by atoms with Crippen LogP contribution in [-0.4, -0.2) is 18.8 Å². The van der Waals surface area contributed by atoms with E-state index in [1.807, 2.05) is 54.6 Å². The lowest BCUT2D eigenvalue weighted by Gasteiger charge is -2.22. The summed E-state index contributed by atoms with van der Waals surface area (Å²) in [5, 5.41) is 13.0. The van der Waals surface area contributed by atoms with Gasteiger partial charge in [0.05, 0.1) is 19.8 Å². The van der Waals surface area contributed by atoms with Crippen LogP contribution >= 0.6 is 0 Å². The molecule has 2 rings (SSSR count). The van der Waals surface area contributed by atoms with Crippen LogP contribution in [0.4, 0.5) is 0 Å². The number of hydrogen-bond donors (Lipinski definition) is 2. The third kappa shape index (κ3) is 3.59. The van der Waals surface area contributed by atoms with Crippen LogP contribution in [0.5, 0.6) is 5.75 Å². The Morgan fingerprint density at radius 2 is 1.65 bits per heavy atom. The van der Waals surface area contributed by atoms with E-state index < -0.39 is 0 Å². The fraction of sp³-hybridized carbons (Fsp3) is 0.294. The molecule has 0 bridgehead atoms. The van der Waals surface area contributed by atoms with E-state index in [4.69, 9.17) is 4.74 Å². The Labute approximate surface area is 120 Å². The van der Waals surface area contributed by atoms with Crippen LogP contribution in [0.25, 0.3) is 0 Å². The SMILES string of the molecule is COc1ccc(C(C)N[C@@H](CO)c2ccccc2)cc1. The number of ether oxygens (including phenoxy) is 1. The van der Waals surface area contributed by atoms with Crippen molar-refractivity contribution in [3.63, 3.8) is 0 Å². The summed E-state index contributed by atoms with van der Waals surface area (Å²) in [4.78, 5) is 0. The number of aliphatic hydroxyl groups is 1. The maximum Gasteiger partial charge on any atom is 0.118 e. The highest BCUT2D eigenvalue weighted by molar-refractivity contribution is 5.29. The lowest BCUT2D eigenvalue weighted by Crippen LogP contribution is -2.27. The molecule has 0 radical (unpaired) electrons. The first-order valence-electron chi connectivity index (χ1n) is 6.80. The van der Waals surface area contributed by atoms with Crippen LogP contribution in [0.3, 0.4) is 0 Å². The minimum atomic E-state index is -0.0618. The molecule has 2 N–H and O–H groups in total. The average molecular weight is 271 g/mol. The molecule has 0 spiro atoms. The first-order valence-corrected chi connectivity index (χ1v) is 6.80. The second kappa shape index (κ2) is 7.08. The summed E-state index contributed by atoms with van der Waals surface area (Å²) in [7, 11) is 1.66. The maximum atomic E-state index is 9.57. The zero-order valence-corrected chi connectivity index (χ0v) is 11.9. The van der Waals surface area contributed by atoms with Gasteiger partial charge in [-0.2, -0.15) is 0 Å². The molecule has 0 aliphatic heterocycles. The Morgan fingerprint density at radius 1 is 1.00 bits per heavy atom. The van der Waals surface area contributed by atoms with Crippen molar-refractivity contribution in [1.29, 1.82) is 0 Å². The van der Waals surface area contributed by atoms with E-state index in [0.29, 0.717) is 0 Å². The third-order valence-electron chi connectivity index (χ3n) is 3.45. The van der Waals surface area contributed by atoms with Gasteiger partial charge in [-0.15, -0.1) is 0 Å². The first-order chi connectivity index (χ1) is 9.74. The maximum absolute atomic E-state index is 9.57. The average Bonchev–Trinajstić information content (AvgIpc) is 2.53. The van der Waals surface area contributed by atoms with Crippen molar-refractivity contribution in [2.75, 3.05) is 13.7 Å². The Morgan fingerprint density at radius 3 is 2.20 bits per heavy atom. The van der Waals surface area contributed by atoms with Crippen molar-refractivity contribution in [2.24, 2.45) is 0 Å². The van der Waals surface area contributed by atoms with Crippen molar-refractivity contribution in [3.05, 3.63) is 65.7 Å². The molecule has 1 unspecified atom stereocenters. The van der Waals surface area contributed by atoms with Gasteiger partial charge in [-0.3, -0.25) is 0 Å². The van der Waals surface area contributed by atoms with Crippen molar-refractivity contribution >= 4 is 0 Å². The molecule has 0 amide bonds. The van der Waals surface area contributed by atoms with Gasteiger partial charge in [0.1, 0.15) is 5.75 Å². The van der Waals surface area contributed by atoms with Gasteiger partial charge in [-0.25, -0.2) is 0 Å². The van der Waals surface area contributed by atoms with Gasteiger partial charge in [0.15, 0.2) is 0 Å². The molecule has 2 aromatic rings. The normalized spacial score (nSPS) is 13.8. The second-order valence-electron chi connectivity index (χ2n) is 4.81. The molecule has 106 valence electrons. The fourth-order valence-corrected chi connectivity index (χ4v) is 2.23. The smallest absolute Gasteiger partial charge is 0.118 e. The molecule has 0 saturated heterocycles. The minimum Gasteiger partial charge on any atom is -0.497 e. The summed E-state index contributed by atoms with van der Waals surface area (Å²) >= 11 is 0. The monoisotopic (exact) mass is 271 g/mol. The second-order valence-corrected chi connectivity index (χ2v) is 4.81. The molecule has 0 aliphatic rings. The summed E-state index contributed by atoms with van der Waals surface area (Å²) < 4.78 is 5.16. The van der Waals surface area contributed by atoms with Gasteiger partial charge in [0.25, 0.3) is 0 Å². The number of methoxy groups -OCH3 is 1. The van der Waals surface area contributed by atoms with E-state index in [1.54, 1.807) is 7.11 Å². The van der Waals surface area contributed by atoms with E-state index in [0.717, 1.165) is 11.3 Å². The predicted molar refractivity (Wildman–Crippen MR) is 80.8 cm³/mol. The van der Waals surface area contributed by atoms with Crippen molar-refractivity contribution in [3.8, 4) is 5.75 Å². The molecule has 3 heteroatoms. The number of benzene rings is 2. The van der Waals surface area contributed by atoms with Crippen LogP contribution < -0.4 is 10.1 Å². The van der Waals surface area contributed by atoms with Gasteiger partial charge in [0.2, 0.25) is 0 Å². The molecule has 3 nitrogen and oxygen atoms in total. The molecule has 2 atom stereocenters. The number of hydrogen-bond acceptors (Lipinski definition) is 3. The van der Waals surface area contributed by atoms with E-state index >= 15 is 0 Å². The van der Waals surface area contributed by atoms with Crippen molar-refractivity contribution in [1.82, 2.24) is 5.32 Å². The molecule has 0 fully saturated rings. The molecule has 0 aromatic heterocycles. The summed E-state index contributed by atoms with van der Waals surface area (Å²) in [6, 6.07) is 18.1. The van der Waals surface area contributed by atoms with E-state index in [9.17, 15) is 5.11 Å². The molecular formula is C17H21NO2. The highest BCUT2D eigenvalue weighted by atomic mass is 16.5. The molecule has 0 heterocycles. The molecule has 20 heavy (non-hydrogen) atoms. The van der Waals surface area contributed by atoms with Crippen LogP contribution in [0, 0.1) is 0 Å². The summed E-state index contributed by atoms with van der Waals surface area (Å²) in [6.07, 6.45) is 0. The fourth-order valence-electron chi connectivity index (χ4n) is 2.23. The largest absolute Gasteiger partial charge is 0.497 e. The lowest BCUT2D eigenvalue weighted by molar-refractivity contribution is 0.235. The van der Waals surface area contributed by atoms with Crippen molar-refractivity contribution in [2.45, 2.75) is 19.0 Å². The Kier molecular flexibility index (Phi) is 5.16. The summed E-state index contributed by atoms with van der Waals surface area (Å²) in [5.74, 6) is 0.850. The van der Waals surface area contributed by atoms with Gasteiger partial charge in [0, 0.05) is 6.04 Å². The zero-order chi connectivity index (χ0) is 14.4. The van der Waals surface area contributed by atoms with E-state index in [1.165, 1.54) is 5.56 Å². The molecular weight excluding hydrogens is 250 g/mol. The number of aliphatic hydroxyl groups excluding tert-OH is 1. The predicted octanol–water partition coefficient (Wildman–Crippen LogP) is 3.08. The molecule has 0 saturated carbocycles. The highest BCUT2D eigenvalue weighted by Gasteiger charge is 2.14. The Bertz CT molecular complexity index is 510. The Balaban J connectivity index is 2.06. The highest BCUT2D eigenvalue weighted by Crippen LogP contribution is 2.21. The van der Waals surface area contributed by atoms with Crippen LogP contribution in [-0.2, 0) is 0 Å². The quantitative estimate of drug-likeness (QED) is 0.848. The zero-order valence-electron chi connectivity index (χ0n) is 11.9. The standard InChI is InChI=1S/C17H21NO2/c1-13(14-8-10-16(20-2)11-9-14)18-17(12-19)15-6-4-3-5-7-15/h3-11,13,17-19H,12H2,1-2H3/t13?,17-/m0/s1.